The van der Waals surface area contributed by atoms with Gasteiger partial charge in [0.2, 0.25) is 5.91 Å². The van der Waals surface area contributed by atoms with Crippen molar-refractivity contribution < 1.29 is 18.7 Å². The van der Waals surface area contributed by atoms with E-state index in [1.807, 2.05) is 0 Å². The maximum absolute atomic E-state index is 13.5. The summed E-state index contributed by atoms with van der Waals surface area (Å²) in [5, 5.41) is 12.8. The summed E-state index contributed by atoms with van der Waals surface area (Å²) in [5.74, 6) is -2.06. The summed E-state index contributed by atoms with van der Waals surface area (Å²) in [6.07, 6.45) is -1.36. The monoisotopic (exact) mass is 325 g/mol. The van der Waals surface area contributed by atoms with Gasteiger partial charge in [0, 0.05) is 11.6 Å². The number of benzene rings is 2. The van der Waals surface area contributed by atoms with E-state index in [2.05, 4.69) is 5.32 Å². The molecular formula is C16H14ClF2NO2. The Kier molecular flexibility index (Phi) is 5.46. The third-order valence-electron chi connectivity index (χ3n) is 3.10. The molecule has 1 unspecified atom stereocenters. The number of nitrogens with one attached hydrogen (secondary N) is 1. The Morgan fingerprint density at radius 3 is 2.32 bits per heavy atom. The Balaban J connectivity index is 1.92. The molecule has 0 bridgehead atoms. The number of carbonyl (C=O) groups is 1. The van der Waals surface area contributed by atoms with E-state index in [-0.39, 0.29) is 18.9 Å². The Morgan fingerprint density at radius 2 is 1.73 bits per heavy atom. The summed E-state index contributed by atoms with van der Waals surface area (Å²) in [6.45, 7) is -0.274. The van der Waals surface area contributed by atoms with Crippen molar-refractivity contribution in [1.29, 1.82) is 0 Å². The minimum Gasteiger partial charge on any atom is -0.386 e. The molecule has 6 heteroatoms. The summed E-state index contributed by atoms with van der Waals surface area (Å²) in [7, 11) is 0. The van der Waals surface area contributed by atoms with Crippen LogP contribution >= 0.6 is 11.6 Å². The molecule has 0 aliphatic carbocycles. The van der Waals surface area contributed by atoms with E-state index in [4.69, 9.17) is 11.6 Å². The van der Waals surface area contributed by atoms with Crippen LogP contribution in [0.5, 0.6) is 0 Å². The van der Waals surface area contributed by atoms with Gasteiger partial charge >= 0.3 is 0 Å². The van der Waals surface area contributed by atoms with E-state index in [1.54, 1.807) is 24.3 Å². The second-order valence-corrected chi connectivity index (χ2v) is 5.19. The van der Waals surface area contributed by atoms with E-state index in [9.17, 15) is 18.7 Å². The van der Waals surface area contributed by atoms with E-state index in [0.29, 0.717) is 5.02 Å². The number of aliphatic hydroxyl groups is 1. The predicted molar refractivity (Wildman–Crippen MR) is 79.5 cm³/mol. The zero-order valence-electron chi connectivity index (χ0n) is 11.5. The van der Waals surface area contributed by atoms with Crippen LogP contribution in [0.2, 0.25) is 5.02 Å². The standard InChI is InChI=1S/C16H14ClF2NO2/c17-11-6-4-10(5-7-11)8-15(22)20-9-14(21)16-12(18)2-1-3-13(16)19/h1-7,14,21H,8-9H2,(H,20,22). The average Bonchev–Trinajstić information content (AvgIpc) is 2.47. The van der Waals surface area contributed by atoms with Crippen molar-refractivity contribution in [3.63, 3.8) is 0 Å². The third kappa shape index (κ3) is 4.26. The molecule has 0 saturated carbocycles. The molecule has 2 rings (SSSR count). The highest BCUT2D eigenvalue weighted by Gasteiger charge is 2.18. The molecule has 2 aromatic carbocycles. The minimum absolute atomic E-state index is 0.0869. The third-order valence-corrected chi connectivity index (χ3v) is 3.36. The van der Waals surface area contributed by atoms with Gasteiger partial charge in [-0.1, -0.05) is 29.8 Å². The highest BCUT2D eigenvalue weighted by atomic mass is 35.5. The fourth-order valence-electron chi connectivity index (χ4n) is 1.99. The number of halogens is 3. The van der Waals surface area contributed by atoms with Gasteiger partial charge in [-0.2, -0.15) is 0 Å². The summed E-state index contributed by atoms with van der Waals surface area (Å²) < 4.78 is 27.0. The molecule has 3 nitrogen and oxygen atoms in total. The first-order valence-corrected chi connectivity index (χ1v) is 6.98. The Bertz CT molecular complexity index is 641. The molecule has 0 saturated heterocycles. The van der Waals surface area contributed by atoms with E-state index in [1.165, 1.54) is 6.07 Å². The molecule has 0 radical (unpaired) electrons. The molecule has 116 valence electrons. The summed E-state index contributed by atoms with van der Waals surface area (Å²) in [4.78, 5) is 11.8. The fraction of sp³-hybridized carbons (Fsp3) is 0.188. The van der Waals surface area contributed by atoms with Gasteiger partial charge in [0.15, 0.2) is 0 Å². The van der Waals surface area contributed by atoms with Crippen LogP contribution in [0, 0.1) is 11.6 Å². The van der Waals surface area contributed by atoms with Crippen molar-refractivity contribution >= 4 is 17.5 Å². The number of hydrogen-bond acceptors (Lipinski definition) is 2. The Hall–Kier alpha value is -1.98. The summed E-state index contributed by atoms with van der Waals surface area (Å²) in [6, 6.07) is 10.0. The lowest BCUT2D eigenvalue weighted by Crippen LogP contribution is -2.30. The first kappa shape index (κ1) is 16.4. The van der Waals surface area contributed by atoms with Gasteiger partial charge in [0.25, 0.3) is 0 Å². The van der Waals surface area contributed by atoms with Gasteiger partial charge in [-0.25, -0.2) is 8.78 Å². The van der Waals surface area contributed by atoms with Crippen LogP contribution in [0.15, 0.2) is 42.5 Å². The lowest BCUT2D eigenvalue weighted by atomic mass is 10.1. The second kappa shape index (κ2) is 7.33. The smallest absolute Gasteiger partial charge is 0.224 e. The van der Waals surface area contributed by atoms with E-state index >= 15 is 0 Å². The second-order valence-electron chi connectivity index (χ2n) is 4.76. The number of carbonyl (C=O) groups excluding carboxylic acids is 1. The van der Waals surface area contributed by atoms with Gasteiger partial charge in [-0.15, -0.1) is 0 Å². The normalized spacial score (nSPS) is 12.0. The molecule has 0 aliphatic heterocycles. The van der Waals surface area contributed by atoms with Gasteiger partial charge < -0.3 is 10.4 Å². The van der Waals surface area contributed by atoms with Crippen LogP contribution in [0.25, 0.3) is 0 Å². The van der Waals surface area contributed by atoms with Gasteiger partial charge in [-0.05, 0) is 29.8 Å². The molecule has 0 spiro atoms. The summed E-state index contributed by atoms with van der Waals surface area (Å²) in [5.41, 5.74) is 0.294. The molecule has 2 N–H and O–H groups in total. The first-order valence-electron chi connectivity index (χ1n) is 6.60. The number of hydrogen-bond donors (Lipinski definition) is 2. The van der Waals surface area contributed by atoms with Crippen LogP contribution in [-0.2, 0) is 11.2 Å². The lowest BCUT2D eigenvalue weighted by Gasteiger charge is -2.14. The Labute approximate surface area is 131 Å². The molecule has 0 aliphatic rings. The highest BCUT2D eigenvalue weighted by Crippen LogP contribution is 2.20. The topological polar surface area (TPSA) is 49.3 Å². The highest BCUT2D eigenvalue weighted by molar-refractivity contribution is 6.30. The van der Waals surface area contributed by atoms with Crippen LogP contribution in [-0.4, -0.2) is 17.6 Å². The largest absolute Gasteiger partial charge is 0.386 e. The van der Waals surface area contributed by atoms with Crippen molar-refractivity contribution in [2.45, 2.75) is 12.5 Å². The van der Waals surface area contributed by atoms with Crippen LogP contribution in [0.1, 0.15) is 17.2 Å². The molecule has 2 aromatic rings. The van der Waals surface area contributed by atoms with Crippen molar-refractivity contribution in [2.75, 3.05) is 6.54 Å². The molecule has 22 heavy (non-hydrogen) atoms. The van der Waals surface area contributed by atoms with Crippen molar-refractivity contribution in [1.82, 2.24) is 5.32 Å². The molecule has 0 fully saturated rings. The first-order chi connectivity index (χ1) is 10.5. The maximum Gasteiger partial charge on any atom is 0.224 e. The molecule has 1 amide bonds. The minimum atomic E-state index is -1.45. The lowest BCUT2D eigenvalue weighted by molar-refractivity contribution is -0.120. The van der Waals surface area contributed by atoms with Gasteiger partial charge in [0.05, 0.1) is 12.0 Å². The SMILES string of the molecule is O=C(Cc1ccc(Cl)cc1)NCC(O)c1c(F)cccc1F. The maximum atomic E-state index is 13.5. The van der Waals surface area contributed by atoms with E-state index in [0.717, 1.165) is 17.7 Å². The molecule has 0 heterocycles. The fourth-order valence-corrected chi connectivity index (χ4v) is 2.12. The zero-order chi connectivity index (χ0) is 16.1. The van der Waals surface area contributed by atoms with Crippen molar-refractivity contribution in [3.05, 3.63) is 70.2 Å². The molecule has 0 aromatic heterocycles. The average molecular weight is 326 g/mol. The zero-order valence-corrected chi connectivity index (χ0v) is 12.3. The molecular weight excluding hydrogens is 312 g/mol. The molecule has 1 atom stereocenters. The summed E-state index contributed by atoms with van der Waals surface area (Å²) >= 11 is 5.74. The van der Waals surface area contributed by atoms with Crippen LogP contribution in [0.3, 0.4) is 0 Å². The van der Waals surface area contributed by atoms with E-state index < -0.39 is 23.3 Å². The number of aliphatic hydroxyl groups excluding tert-OH is 1. The quantitative estimate of drug-likeness (QED) is 0.888. The van der Waals surface area contributed by atoms with Crippen molar-refractivity contribution in [3.8, 4) is 0 Å². The van der Waals surface area contributed by atoms with Crippen LogP contribution in [0.4, 0.5) is 8.78 Å². The number of amides is 1. The van der Waals surface area contributed by atoms with Gasteiger partial charge in [0.1, 0.15) is 17.7 Å². The van der Waals surface area contributed by atoms with Crippen molar-refractivity contribution in [2.24, 2.45) is 0 Å². The van der Waals surface area contributed by atoms with Gasteiger partial charge in [-0.3, -0.25) is 4.79 Å². The Morgan fingerprint density at radius 1 is 1.14 bits per heavy atom. The number of rotatable bonds is 5. The predicted octanol–water partition coefficient (Wildman–Crippen LogP) is 3.01. The van der Waals surface area contributed by atoms with Crippen LogP contribution < -0.4 is 5.32 Å².